The minimum atomic E-state index is -0.302. The van der Waals surface area contributed by atoms with Crippen molar-refractivity contribution in [2.45, 2.75) is 13.0 Å². The number of aromatic nitrogens is 1. The maximum Gasteiger partial charge on any atom is 0.319 e. The molecule has 0 saturated carbocycles. The summed E-state index contributed by atoms with van der Waals surface area (Å²) in [5.41, 5.74) is 7.42. The molecule has 0 saturated heterocycles. The molecule has 0 fully saturated rings. The molecule has 2 heterocycles. The molecule has 0 aliphatic carbocycles. The Labute approximate surface area is 196 Å². The number of benzene rings is 3. The number of carbonyl (C=O) groups is 1. The number of rotatable bonds is 4. The first-order valence-electron chi connectivity index (χ1n) is 10.5. The van der Waals surface area contributed by atoms with E-state index in [1.54, 1.807) is 12.1 Å². The van der Waals surface area contributed by atoms with E-state index in [9.17, 15) is 4.79 Å². The molecule has 6 heteroatoms. The highest BCUT2D eigenvalue weighted by Gasteiger charge is 2.29. The minimum absolute atomic E-state index is 0.225. The molecule has 5 rings (SSSR count). The van der Waals surface area contributed by atoms with Crippen LogP contribution < -0.4 is 10.6 Å². The van der Waals surface area contributed by atoms with E-state index < -0.39 is 0 Å². The number of allylic oxidation sites excluding steroid dienone is 1. The van der Waals surface area contributed by atoms with E-state index >= 15 is 0 Å². The second kappa shape index (κ2) is 8.73. The molecule has 0 bridgehead atoms. The highest BCUT2D eigenvalue weighted by Crippen LogP contribution is 2.37. The first-order chi connectivity index (χ1) is 16.1. The van der Waals surface area contributed by atoms with Gasteiger partial charge in [-0.3, -0.25) is 0 Å². The minimum Gasteiger partial charge on any atom is -0.327 e. The zero-order valence-corrected chi connectivity index (χ0v) is 18.7. The van der Waals surface area contributed by atoms with E-state index in [4.69, 9.17) is 10.2 Å². The van der Waals surface area contributed by atoms with Crippen molar-refractivity contribution >= 4 is 22.9 Å². The third-order valence-electron chi connectivity index (χ3n) is 5.66. The van der Waals surface area contributed by atoms with Crippen molar-refractivity contribution in [2.24, 2.45) is 0 Å². The van der Waals surface area contributed by atoms with Crippen LogP contribution in [-0.2, 0) is 0 Å². The molecule has 1 unspecified atom stereocenters. The maximum atomic E-state index is 12.3. The molecule has 0 radical (unpaired) electrons. The third kappa shape index (κ3) is 4.14. The Morgan fingerprint density at radius 1 is 0.909 bits per heavy atom. The van der Waals surface area contributed by atoms with Gasteiger partial charge in [0.05, 0.1) is 23.4 Å². The smallest absolute Gasteiger partial charge is 0.319 e. The van der Waals surface area contributed by atoms with Gasteiger partial charge in [-0.2, -0.15) is 5.26 Å². The van der Waals surface area contributed by atoms with Crippen LogP contribution in [-0.4, -0.2) is 11.0 Å². The largest absolute Gasteiger partial charge is 0.327 e. The number of hydrogen-bond donors (Lipinski definition) is 2. The molecule has 2 N–H and O–H groups in total. The Morgan fingerprint density at radius 2 is 1.58 bits per heavy atom. The summed E-state index contributed by atoms with van der Waals surface area (Å²) in [5.74, 6) is 0. The fourth-order valence-electron chi connectivity index (χ4n) is 3.97. The van der Waals surface area contributed by atoms with Crippen LogP contribution in [0.4, 0.5) is 4.79 Å². The van der Waals surface area contributed by atoms with E-state index in [1.165, 1.54) is 11.3 Å². The second-order valence-electron chi connectivity index (χ2n) is 7.79. The fraction of sp³-hybridized carbons (Fsp3) is 0.0741. The SMILES string of the molecule is CC1=C(c2nc(-c3ccc(C#N)cc3)cs2)C(c2ccc(-c3ccccc3)cc2)NC(=O)N1. The van der Waals surface area contributed by atoms with Gasteiger partial charge in [-0.15, -0.1) is 11.3 Å². The summed E-state index contributed by atoms with van der Waals surface area (Å²) in [7, 11) is 0. The van der Waals surface area contributed by atoms with Crippen molar-refractivity contribution < 1.29 is 4.79 Å². The number of nitriles is 1. The van der Waals surface area contributed by atoms with Gasteiger partial charge < -0.3 is 10.6 Å². The Hall–Kier alpha value is -4.21. The van der Waals surface area contributed by atoms with Crippen molar-refractivity contribution in [3.8, 4) is 28.5 Å². The molecule has 2 amide bonds. The number of nitrogens with one attached hydrogen (secondary N) is 2. The third-order valence-corrected chi connectivity index (χ3v) is 6.54. The standard InChI is InChI=1S/C27H20N4OS/c1-17-24(26-30-23(16-33-26)21-9-7-18(15-28)8-10-21)25(31-27(32)29-17)22-13-11-20(12-14-22)19-5-3-2-4-6-19/h2-14,16,25H,1H3,(H2,29,31,32). The van der Waals surface area contributed by atoms with E-state index in [0.717, 1.165) is 44.2 Å². The van der Waals surface area contributed by atoms with Crippen LogP contribution in [0.2, 0.25) is 0 Å². The zero-order valence-electron chi connectivity index (χ0n) is 17.9. The zero-order chi connectivity index (χ0) is 22.8. The van der Waals surface area contributed by atoms with E-state index in [-0.39, 0.29) is 12.1 Å². The van der Waals surface area contributed by atoms with Gasteiger partial charge in [-0.1, -0.05) is 66.7 Å². The summed E-state index contributed by atoms with van der Waals surface area (Å²) in [6.45, 7) is 1.90. The second-order valence-corrected chi connectivity index (χ2v) is 8.64. The number of hydrogen-bond acceptors (Lipinski definition) is 4. The van der Waals surface area contributed by atoms with Gasteiger partial charge >= 0.3 is 6.03 Å². The van der Waals surface area contributed by atoms with Crippen LogP contribution in [0.3, 0.4) is 0 Å². The predicted octanol–water partition coefficient (Wildman–Crippen LogP) is 6.13. The topological polar surface area (TPSA) is 77.8 Å². The number of carbonyl (C=O) groups excluding carboxylic acids is 1. The van der Waals surface area contributed by atoms with Crippen LogP contribution in [0.25, 0.3) is 28.0 Å². The van der Waals surface area contributed by atoms with Gasteiger partial charge in [-0.25, -0.2) is 9.78 Å². The molecule has 1 aliphatic heterocycles. The van der Waals surface area contributed by atoms with Gasteiger partial charge in [0.2, 0.25) is 0 Å². The number of nitrogens with zero attached hydrogens (tertiary/aromatic N) is 2. The molecular weight excluding hydrogens is 428 g/mol. The lowest BCUT2D eigenvalue weighted by atomic mass is 9.94. The number of amides is 2. The van der Waals surface area contributed by atoms with Crippen LogP contribution in [0.5, 0.6) is 0 Å². The molecule has 5 nitrogen and oxygen atoms in total. The summed E-state index contributed by atoms with van der Waals surface area (Å²) in [5, 5.41) is 17.8. The van der Waals surface area contributed by atoms with Gasteiger partial charge in [0, 0.05) is 22.2 Å². The number of urea groups is 1. The van der Waals surface area contributed by atoms with E-state index in [0.29, 0.717) is 5.56 Å². The van der Waals surface area contributed by atoms with Crippen molar-refractivity contribution in [2.75, 3.05) is 0 Å². The lowest BCUT2D eigenvalue weighted by Gasteiger charge is -2.28. The van der Waals surface area contributed by atoms with Gasteiger partial charge in [0.25, 0.3) is 0 Å². The maximum absolute atomic E-state index is 12.3. The summed E-state index contributed by atoms with van der Waals surface area (Å²) >= 11 is 1.54. The van der Waals surface area contributed by atoms with Crippen LogP contribution >= 0.6 is 11.3 Å². The van der Waals surface area contributed by atoms with Gasteiger partial charge in [0.15, 0.2) is 0 Å². The quantitative estimate of drug-likeness (QED) is 0.394. The Morgan fingerprint density at radius 3 is 2.27 bits per heavy atom. The average molecular weight is 449 g/mol. The predicted molar refractivity (Wildman–Crippen MR) is 131 cm³/mol. The molecule has 33 heavy (non-hydrogen) atoms. The highest BCUT2D eigenvalue weighted by atomic mass is 32.1. The monoisotopic (exact) mass is 448 g/mol. The lowest BCUT2D eigenvalue weighted by Crippen LogP contribution is -2.42. The van der Waals surface area contributed by atoms with Crippen LogP contribution in [0, 0.1) is 11.3 Å². The Bertz CT molecular complexity index is 1380. The molecule has 3 aromatic carbocycles. The number of thiazole rings is 1. The highest BCUT2D eigenvalue weighted by molar-refractivity contribution is 7.11. The van der Waals surface area contributed by atoms with Gasteiger partial charge in [0.1, 0.15) is 5.01 Å². The Kier molecular flexibility index (Phi) is 5.47. The normalized spacial score (nSPS) is 15.5. The van der Waals surface area contributed by atoms with Crippen molar-refractivity contribution in [1.82, 2.24) is 15.6 Å². The van der Waals surface area contributed by atoms with Crippen LogP contribution in [0.15, 0.2) is 89.9 Å². The first-order valence-corrected chi connectivity index (χ1v) is 11.4. The summed E-state index contributed by atoms with van der Waals surface area (Å²) in [6.07, 6.45) is 0. The molecule has 4 aromatic rings. The van der Waals surface area contributed by atoms with E-state index in [1.807, 2.05) is 42.6 Å². The molecule has 160 valence electrons. The molecule has 0 spiro atoms. The molecule has 1 aromatic heterocycles. The van der Waals surface area contributed by atoms with Crippen molar-refractivity contribution in [1.29, 1.82) is 5.26 Å². The summed E-state index contributed by atoms with van der Waals surface area (Å²) < 4.78 is 0. The molecule has 1 aliphatic rings. The average Bonchev–Trinajstić information content (AvgIpc) is 3.34. The van der Waals surface area contributed by atoms with Crippen molar-refractivity contribution in [3.05, 3.63) is 106 Å². The van der Waals surface area contributed by atoms with Crippen molar-refractivity contribution in [3.63, 3.8) is 0 Å². The summed E-state index contributed by atoms with van der Waals surface area (Å²) in [6, 6.07) is 27.5. The Balaban J connectivity index is 1.49. The fourth-order valence-corrected chi connectivity index (χ4v) is 4.93. The summed E-state index contributed by atoms with van der Waals surface area (Å²) in [4.78, 5) is 17.2. The molecule has 1 atom stereocenters. The van der Waals surface area contributed by atoms with E-state index in [2.05, 4.69) is 53.1 Å². The lowest BCUT2D eigenvalue weighted by molar-refractivity contribution is 0.240. The molecular formula is C27H20N4OS. The van der Waals surface area contributed by atoms with Gasteiger partial charge in [-0.05, 0) is 35.7 Å². The first kappa shape index (κ1) is 20.7. The van der Waals surface area contributed by atoms with Crippen LogP contribution in [0.1, 0.15) is 29.1 Å².